The van der Waals surface area contributed by atoms with Gasteiger partial charge >= 0.3 is 0 Å². The molecule has 0 atom stereocenters. The van der Waals surface area contributed by atoms with E-state index in [1.807, 2.05) is 0 Å². The fraction of sp³-hybridized carbons (Fsp3) is 0.400. The maximum atomic E-state index is 4.00. The van der Waals surface area contributed by atoms with Crippen LogP contribution in [0.2, 0.25) is 0 Å². The Morgan fingerprint density at radius 1 is 1.88 bits per heavy atom. The van der Waals surface area contributed by atoms with Crippen molar-refractivity contribution in [2.24, 2.45) is 0 Å². The van der Waals surface area contributed by atoms with Gasteiger partial charge < -0.3 is 16.3 Å². The third-order valence-corrected chi connectivity index (χ3v) is 1.59. The Morgan fingerprint density at radius 2 is 2.62 bits per heavy atom. The Bertz CT molecular complexity index is 127. The molecule has 0 aliphatic rings. The number of hydrogen-bond acceptors (Lipinski definition) is 2. The zero-order chi connectivity index (χ0) is 5.11. The van der Waals surface area contributed by atoms with Crippen LogP contribution in [0.25, 0.3) is 0 Å². The quantitative estimate of drug-likeness (QED) is 0.627. The first-order valence-electron chi connectivity index (χ1n) is 2.24. The van der Waals surface area contributed by atoms with Crippen LogP contribution in [0, 0.1) is 5.38 Å². The van der Waals surface area contributed by atoms with Gasteiger partial charge in [0.1, 0.15) is 0 Å². The molecule has 0 aromatic carbocycles. The number of hydrogen-bond donors (Lipinski definition) is 0. The molecule has 1 rings (SSSR count). The van der Waals surface area contributed by atoms with Crippen LogP contribution < -0.4 is 0 Å². The molecule has 0 N–H and O–H groups in total. The van der Waals surface area contributed by atoms with Crippen molar-refractivity contribution in [3.05, 3.63) is 16.6 Å². The third-order valence-electron chi connectivity index (χ3n) is 0.740. The average molecular weight is 201 g/mol. The van der Waals surface area contributed by atoms with Crippen LogP contribution in [0.5, 0.6) is 0 Å². The Kier molecular flexibility index (Phi) is 5.02. The fourth-order valence-electron chi connectivity index (χ4n) is 0.383. The van der Waals surface area contributed by atoms with Crippen LogP contribution in [0.3, 0.4) is 0 Å². The first-order chi connectivity index (χ1) is 3.43. The molecule has 0 aliphatic carbocycles. The topological polar surface area (TPSA) is 12.9 Å². The van der Waals surface area contributed by atoms with Crippen molar-refractivity contribution in [2.45, 2.75) is 13.3 Å². The predicted molar refractivity (Wildman–Crippen MR) is 30.3 cm³/mol. The summed E-state index contributed by atoms with van der Waals surface area (Å²) >= 11 is 1.59. The molecule has 0 fully saturated rings. The summed E-state index contributed by atoms with van der Waals surface area (Å²) in [5, 5.41) is 4.08. The summed E-state index contributed by atoms with van der Waals surface area (Å²) in [5.41, 5.74) is 0. The molecular weight excluding hydrogens is 195 g/mol. The van der Waals surface area contributed by atoms with Gasteiger partial charge in [-0.2, -0.15) is 5.38 Å². The van der Waals surface area contributed by atoms with Crippen molar-refractivity contribution < 1.29 is 32.7 Å². The van der Waals surface area contributed by atoms with Gasteiger partial charge in [-0.15, -0.1) is 0 Å². The number of aromatic nitrogens is 1. The summed E-state index contributed by atoms with van der Waals surface area (Å²) in [7, 11) is 0. The molecule has 41 valence electrons. The molecule has 8 heavy (non-hydrogen) atoms. The molecule has 1 heterocycles. The van der Waals surface area contributed by atoms with Crippen molar-refractivity contribution in [3.8, 4) is 0 Å². The molecule has 1 radical (unpaired) electrons. The van der Waals surface area contributed by atoms with E-state index in [1.165, 1.54) is 5.01 Å². The average Bonchev–Trinajstić information content (AvgIpc) is 2.14. The molecule has 3 heteroatoms. The molecule has 0 amide bonds. The molecule has 1 aromatic heterocycles. The second-order valence-corrected chi connectivity index (χ2v) is 2.14. The van der Waals surface area contributed by atoms with Crippen molar-refractivity contribution in [2.75, 3.05) is 0 Å². The van der Waals surface area contributed by atoms with Crippen LogP contribution in [0.15, 0.2) is 6.20 Å². The van der Waals surface area contributed by atoms with Gasteiger partial charge in [0.15, 0.2) is 0 Å². The standard InChI is InChI=1S/C5H6NS.Y/c1-2-5-6-3-4-7-5;/h3H,2H2,1H3;/q-1;. The van der Waals surface area contributed by atoms with Gasteiger partial charge in [-0.1, -0.05) is 24.5 Å². The Balaban J connectivity index is 0.000000490. The van der Waals surface area contributed by atoms with E-state index in [4.69, 9.17) is 0 Å². The van der Waals surface area contributed by atoms with E-state index >= 15 is 0 Å². The van der Waals surface area contributed by atoms with Crippen LogP contribution in [-0.2, 0) is 39.1 Å². The van der Waals surface area contributed by atoms with E-state index in [0.717, 1.165) is 6.42 Å². The van der Waals surface area contributed by atoms with E-state index in [9.17, 15) is 0 Å². The van der Waals surface area contributed by atoms with Gasteiger partial charge in [-0.05, 0) is 0 Å². The zero-order valence-electron chi connectivity index (χ0n) is 4.72. The van der Waals surface area contributed by atoms with Crippen molar-refractivity contribution >= 4 is 11.3 Å². The Hall–Kier alpha value is 0.734. The van der Waals surface area contributed by atoms with Gasteiger partial charge in [-0.25, -0.2) is 0 Å². The predicted octanol–water partition coefficient (Wildman–Crippen LogP) is 1.50. The summed E-state index contributed by atoms with van der Waals surface area (Å²) in [6.07, 6.45) is 2.75. The summed E-state index contributed by atoms with van der Waals surface area (Å²) in [6.45, 7) is 2.09. The van der Waals surface area contributed by atoms with Crippen molar-refractivity contribution in [1.82, 2.24) is 4.98 Å². The summed E-state index contributed by atoms with van der Waals surface area (Å²) in [4.78, 5) is 4.00. The van der Waals surface area contributed by atoms with Gasteiger partial charge in [0, 0.05) is 32.7 Å². The molecule has 0 spiro atoms. The number of aryl methyl sites for hydroxylation is 1. The third kappa shape index (κ3) is 2.34. The maximum absolute atomic E-state index is 4.00. The first kappa shape index (κ1) is 8.73. The van der Waals surface area contributed by atoms with E-state index in [2.05, 4.69) is 17.3 Å². The van der Waals surface area contributed by atoms with Crippen molar-refractivity contribution in [1.29, 1.82) is 0 Å². The summed E-state index contributed by atoms with van der Waals surface area (Å²) in [6, 6.07) is 0. The Morgan fingerprint density at radius 3 is 2.88 bits per heavy atom. The van der Waals surface area contributed by atoms with Gasteiger partial charge in [0.2, 0.25) is 0 Å². The first-order valence-corrected chi connectivity index (χ1v) is 3.06. The largest absolute Gasteiger partial charge is 0.364 e. The van der Waals surface area contributed by atoms with E-state index in [-0.39, 0.29) is 32.7 Å². The summed E-state index contributed by atoms with van der Waals surface area (Å²) < 4.78 is 0. The number of nitrogens with zero attached hydrogens (tertiary/aromatic N) is 1. The monoisotopic (exact) mass is 201 g/mol. The molecule has 0 aliphatic heterocycles. The smallest absolute Gasteiger partial charge is 0 e. The SMILES string of the molecule is CCc1nc[c-]s1.[Y]. The maximum Gasteiger partial charge on any atom is 0 e. The minimum absolute atomic E-state index is 0. The Labute approximate surface area is 78.4 Å². The van der Waals surface area contributed by atoms with E-state index in [1.54, 1.807) is 17.5 Å². The van der Waals surface area contributed by atoms with Crippen molar-refractivity contribution in [3.63, 3.8) is 0 Å². The minimum Gasteiger partial charge on any atom is -0.364 e. The van der Waals surface area contributed by atoms with Gasteiger partial charge in [-0.3, -0.25) is 0 Å². The van der Waals surface area contributed by atoms with Crippen LogP contribution in [0.4, 0.5) is 0 Å². The van der Waals surface area contributed by atoms with E-state index < -0.39 is 0 Å². The van der Waals surface area contributed by atoms with Crippen LogP contribution >= 0.6 is 11.3 Å². The minimum atomic E-state index is 0. The molecule has 1 nitrogen and oxygen atoms in total. The normalized spacial score (nSPS) is 8.12. The second kappa shape index (κ2) is 4.60. The van der Waals surface area contributed by atoms with Gasteiger partial charge in [0.05, 0.1) is 0 Å². The molecule has 0 saturated carbocycles. The summed E-state index contributed by atoms with van der Waals surface area (Å²) in [5.74, 6) is 0. The van der Waals surface area contributed by atoms with Crippen LogP contribution in [0.1, 0.15) is 11.9 Å². The molecule has 1 aromatic rings. The second-order valence-electron chi connectivity index (χ2n) is 1.23. The van der Waals surface area contributed by atoms with E-state index in [0.29, 0.717) is 0 Å². The zero-order valence-corrected chi connectivity index (χ0v) is 8.37. The fourth-order valence-corrected chi connectivity index (χ4v) is 0.874. The molecule has 0 saturated heterocycles. The molecule has 0 unspecified atom stereocenters. The van der Waals surface area contributed by atoms with Crippen LogP contribution in [-0.4, -0.2) is 4.98 Å². The number of rotatable bonds is 1. The molecule has 0 bridgehead atoms. The molecular formula is C5H6NSY-. The number of thiazole rings is 1. The van der Waals surface area contributed by atoms with Gasteiger partial charge in [0.25, 0.3) is 0 Å².